The average Bonchev–Trinajstić information content (AvgIpc) is 2.52. The summed E-state index contributed by atoms with van der Waals surface area (Å²) in [4.78, 5) is 13.1. The van der Waals surface area contributed by atoms with Gasteiger partial charge in [0.1, 0.15) is 18.0 Å². The molecule has 0 aliphatic rings. The van der Waals surface area contributed by atoms with Crippen LogP contribution in [0.2, 0.25) is 0 Å². The lowest BCUT2D eigenvalue weighted by Gasteiger charge is -2.20. The predicted molar refractivity (Wildman–Crippen MR) is 98.9 cm³/mol. The summed E-state index contributed by atoms with van der Waals surface area (Å²) in [5, 5.41) is 2.78. The molecule has 0 radical (unpaired) electrons. The Hall–Kier alpha value is -2.14. The van der Waals surface area contributed by atoms with Crippen molar-refractivity contribution in [1.82, 2.24) is 0 Å². The predicted octanol–water partition coefficient (Wildman–Crippen LogP) is 5.33. The van der Waals surface area contributed by atoms with Crippen molar-refractivity contribution in [3.63, 3.8) is 0 Å². The van der Waals surface area contributed by atoms with Crippen molar-refractivity contribution in [3.8, 4) is 5.75 Å². The molecule has 1 N–H and O–H groups in total. The Morgan fingerprint density at radius 2 is 1.83 bits per heavy atom. The third-order valence-electron chi connectivity index (χ3n) is 3.06. The van der Waals surface area contributed by atoms with Crippen LogP contribution < -0.4 is 10.1 Å². The maximum atomic E-state index is 12.1. The molecule has 2 aromatic rings. The fraction of sp³-hybridized carbons (Fsp3) is 0.316. The van der Waals surface area contributed by atoms with Crippen LogP contribution in [0.25, 0.3) is 0 Å². The molecule has 0 spiro atoms. The van der Waals surface area contributed by atoms with Crippen molar-refractivity contribution >= 4 is 23.5 Å². The summed E-state index contributed by atoms with van der Waals surface area (Å²) in [7, 11) is 0. The van der Waals surface area contributed by atoms with E-state index in [0.717, 1.165) is 10.5 Å². The molecule has 0 aromatic heterocycles. The van der Waals surface area contributed by atoms with Gasteiger partial charge in [0.05, 0.1) is 5.69 Å². The number of benzene rings is 2. The van der Waals surface area contributed by atoms with Gasteiger partial charge in [-0.3, -0.25) is 5.32 Å². The van der Waals surface area contributed by atoms with Gasteiger partial charge in [-0.25, -0.2) is 4.79 Å². The Balaban J connectivity index is 2.13. The summed E-state index contributed by atoms with van der Waals surface area (Å²) in [5.41, 5.74) is 1.12. The third-order valence-corrected chi connectivity index (χ3v) is 3.78. The molecule has 0 atom stereocenters. The molecule has 5 heteroatoms. The summed E-state index contributed by atoms with van der Waals surface area (Å²) < 4.78 is 11.2. The normalized spacial score (nSPS) is 11.0. The third kappa shape index (κ3) is 5.81. The molecule has 0 saturated carbocycles. The quantitative estimate of drug-likeness (QED) is 0.744. The van der Waals surface area contributed by atoms with Crippen LogP contribution in [0.15, 0.2) is 53.4 Å². The highest BCUT2D eigenvalue weighted by Gasteiger charge is 2.18. The first kappa shape index (κ1) is 18.2. The zero-order chi connectivity index (χ0) is 17.6. The van der Waals surface area contributed by atoms with Crippen molar-refractivity contribution in [3.05, 3.63) is 54.1 Å². The molecular weight excluding hydrogens is 322 g/mol. The Kier molecular flexibility index (Phi) is 6.15. The van der Waals surface area contributed by atoms with Crippen LogP contribution >= 0.6 is 11.8 Å². The maximum absolute atomic E-state index is 12.1. The highest BCUT2D eigenvalue weighted by molar-refractivity contribution is 7.98. The van der Waals surface area contributed by atoms with Crippen molar-refractivity contribution in [2.75, 3.05) is 11.6 Å². The van der Waals surface area contributed by atoms with Crippen LogP contribution in [-0.4, -0.2) is 18.0 Å². The molecule has 128 valence electrons. The summed E-state index contributed by atoms with van der Waals surface area (Å²) in [5.74, 6) is 0.613. The van der Waals surface area contributed by atoms with Crippen LogP contribution in [-0.2, 0) is 11.3 Å². The van der Waals surface area contributed by atoms with E-state index in [1.807, 2.05) is 75.6 Å². The minimum Gasteiger partial charge on any atom is -0.487 e. The van der Waals surface area contributed by atoms with Gasteiger partial charge in [-0.1, -0.05) is 30.3 Å². The van der Waals surface area contributed by atoms with E-state index in [1.165, 1.54) is 0 Å². The van der Waals surface area contributed by atoms with Gasteiger partial charge in [-0.15, -0.1) is 11.8 Å². The first-order valence-electron chi connectivity index (χ1n) is 7.72. The lowest BCUT2D eigenvalue weighted by atomic mass is 10.2. The van der Waals surface area contributed by atoms with Crippen LogP contribution in [0.4, 0.5) is 10.5 Å². The minimum absolute atomic E-state index is 0.433. The number of amides is 1. The first-order valence-corrected chi connectivity index (χ1v) is 8.94. The SMILES string of the molecule is CSc1ccc(OCc2ccccc2)c(NC(=O)OC(C)(C)C)c1. The summed E-state index contributed by atoms with van der Waals surface area (Å²) in [6.45, 7) is 5.93. The molecule has 0 aliphatic heterocycles. The van der Waals surface area contributed by atoms with Gasteiger partial charge in [0.25, 0.3) is 0 Å². The summed E-state index contributed by atoms with van der Waals surface area (Å²) in [6.07, 6.45) is 1.49. The Morgan fingerprint density at radius 3 is 2.46 bits per heavy atom. The molecular formula is C19H23NO3S. The van der Waals surface area contributed by atoms with Gasteiger partial charge in [0.15, 0.2) is 0 Å². The summed E-state index contributed by atoms with van der Waals surface area (Å²) in [6, 6.07) is 15.6. The molecule has 0 saturated heterocycles. The van der Waals surface area contributed by atoms with Crippen molar-refractivity contribution in [2.24, 2.45) is 0 Å². The number of hydrogen-bond acceptors (Lipinski definition) is 4. The number of carbonyl (C=O) groups excluding carboxylic acids is 1. The largest absolute Gasteiger partial charge is 0.487 e. The van der Waals surface area contributed by atoms with Gasteiger partial charge in [0, 0.05) is 4.90 Å². The van der Waals surface area contributed by atoms with E-state index in [1.54, 1.807) is 11.8 Å². The number of carbonyl (C=O) groups is 1. The van der Waals surface area contributed by atoms with E-state index in [-0.39, 0.29) is 0 Å². The van der Waals surface area contributed by atoms with Crippen LogP contribution in [0.1, 0.15) is 26.3 Å². The molecule has 0 unspecified atom stereocenters. The second-order valence-corrected chi connectivity index (χ2v) is 7.14. The molecule has 24 heavy (non-hydrogen) atoms. The Labute approximate surface area is 147 Å². The molecule has 0 aliphatic carbocycles. The van der Waals surface area contributed by atoms with Gasteiger partial charge in [0.2, 0.25) is 0 Å². The molecule has 0 bridgehead atoms. The van der Waals surface area contributed by atoms with Crippen molar-refractivity contribution in [1.29, 1.82) is 0 Å². The number of hydrogen-bond donors (Lipinski definition) is 1. The molecule has 1 amide bonds. The number of thioether (sulfide) groups is 1. The lowest BCUT2D eigenvalue weighted by Crippen LogP contribution is -2.27. The van der Waals surface area contributed by atoms with E-state index >= 15 is 0 Å². The molecule has 2 rings (SSSR count). The van der Waals surface area contributed by atoms with Crippen LogP contribution in [0.3, 0.4) is 0 Å². The molecule has 4 nitrogen and oxygen atoms in total. The van der Waals surface area contributed by atoms with Crippen LogP contribution in [0.5, 0.6) is 5.75 Å². The highest BCUT2D eigenvalue weighted by Crippen LogP contribution is 2.30. The number of nitrogens with one attached hydrogen (secondary N) is 1. The van der Waals surface area contributed by atoms with Gasteiger partial charge < -0.3 is 9.47 Å². The second-order valence-electron chi connectivity index (χ2n) is 6.26. The smallest absolute Gasteiger partial charge is 0.412 e. The van der Waals surface area contributed by atoms with E-state index in [0.29, 0.717) is 18.0 Å². The van der Waals surface area contributed by atoms with Gasteiger partial charge >= 0.3 is 6.09 Å². The number of anilines is 1. The van der Waals surface area contributed by atoms with E-state index in [4.69, 9.17) is 9.47 Å². The fourth-order valence-corrected chi connectivity index (χ4v) is 2.45. The first-order chi connectivity index (χ1) is 11.4. The maximum Gasteiger partial charge on any atom is 0.412 e. The number of rotatable bonds is 5. The van der Waals surface area contributed by atoms with E-state index in [2.05, 4.69) is 5.32 Å². The second kappa shape index (κ2) is 8.11. The zero-order valence-corrected chi connectivity index (χ0v) is 15.3. The highest BCUT2D eigenvalue weighted by atomic mass is 32.2. The van der Waals surface area contributed by atoms with Crippen molar-refractivity contribution in [2.45, 2.75) is 37.9 Å². The lowest BCUT2D eigenvalue weighted by molar-refractivity contribution is 0.0635. The van der Waals surface area contributed by atoms with Crippen molar-refractivity contribution < 1.29 is 14.3 Å². The number of ether oxygens (including phenoxy) is 2. The fourth-order valence-electron chi connectivity index (χ4n) is 2.01. The monoisotopic (exact) mass is 345 g/mol. The average molecular weight is 345 g/mol. The topological polar surface area (TPSA) is 47.6 Å². The van der Waals surface area contributed by atoms with E-state index < -0.39 is 11.7 Å². The van der Waals surface area contributed by atoms with Gasteiger partial charge in [-0.2, -0.15) is 0 Å². The molecule has 0 heterocycles. The van der Waals surface area contributed by atoms with Gasteiger partial charge in [-0.05, 0) is 50.8 Å². The summed E-state index contributed by atoms with van der Waals surface area (Å²) >= 11 is 1.60. The van der Waals surface area contributed by atoms with E-state index in [9.17, 15) is 4.79 Å². The Bertz CT molecular complexity index is 681. The minimum atomic E-state index is -0.549. The zero-order valence-electron chi connectivity index (χ0n) is 14.5. The Morgan fingerprint density at radius 1 is 1.12 bits per heavy atom. The standard InChI is InChI=1S/C19H23NO3S/c1-19(2,3)23-18(21)20-16-12-15(24-4)10-11-17(16)22-13-14-8-6-5-7-9-14/h5-12H,13H2,1-4H3,(H,20,21). The molecule has 2 aromatic carbocycles. The van der Waals surface area contributed by atoms with Crippen LogP contribution in [0, 0.1) is 0 Å². The molecule has 0 fully saturated rings.